The molecule has 0 aromatic heterocycles. The molecule has 1 nitrogen and oxygen atoms in total. The molecule has 0 unspecified atom stereocenters. The molecular formula is C8H6BrClO. The summed E-state index contributed by atoms with van der Waals surface area (Å²) >= 11 is 8.66. The number of hydrogen-bond donors (Lipinski definition) is 1. The summed E-state index contributed by atoms with van der Waals surface area (Å²) in [5.41, 5.74) is 0.949. The zero-order valence-electron chi connectivity index (χ0n) is 5.59. The number of phenolic OH excluding ortho intramolecular Hbond substituents is 1. The van der Waals surface area contributed by atoms with Gasteiger partial charge in [-0.15, -0.1) is 0 Å². The highest BCUT2D eigenvalue weighted by Gasteiger charge is 1.89. The molecule has 0 fully saturated rings. The summed E-state index contributed by atoms with van der Waals surface area (Å²) in [5, 5.41) is 8.93. The van der Waals surface area contributed by atoms with Gasteiger partial charge in [0.15, 0.2) is 0 Å². The summed E-state index contributed by atoms with van der Waals surface area (Å²) in [6, 6.07) is 6.77. The van der Waals surface area contributed by atoms with Gasteiger partial charge < -0.3 is 5.11 Å². The lowest BCUT2D eigenvalue weighted by atomic mass is 10.2. The molecule has 0 radical (unpaired) electrons. The van der Waals surface area contributed by atoms with Crippen LogP contribution in [0.25, 0.3) is 6.08 Å². The molecule has 1 aromatic rings. The van der Waals surface area contributed by atoms with Crippen LogP contribution in [0.4, 0.5) is 0 Å². The third-order valence-corrected chi connectivity index (χ3v) is 1.51. The highest BCUT2D eigenvalue weighted by atomic mass is 79.9. The zero-order valence-corrected chi connectivity index (χ0v) is 7.93. The number of benzene rings is 1. The Morgan fingerprint density at radius 1 is 1.36 bits per heavy atom. The normalized spacial score (nSPS) is 11.6. The first-order chi connectivity index (χ1) is 5.18. The average Bonchev–Trinajstić information content (AvgIpc) is 1.93. The van der Waals surface area contributed by atoms with Crippen molar-refractivity contribution in [1.29, 1.82) is 0 Å². The molecule has 1 rings (SSSR count). The van der Waals surface area contributed by atoms with Gasteiger partial charge in [0.1, 0.15) is 5.75 Å². The lowest BCUT2D eigenvalue weighted by Crippen LogP contribution is -1.69. The van der Waals surface area contributed by atoms with Crippen LogP contribution in [-0.4, -0.2) is 5.11 Å². The average molecular weight is 233 g/mol. The molecule has 0 bridgehead atoms. The Morgan fingerprint density at radius 3 is 2.36 bits per heavy atom. The molecule has 3 heteroatoms. The van der Waals surface area contributed by atoms with Gasteiger partial charge in [-0.1, -0.05) is 23.7 Å². The van der Waals surface area contributed by atoms with E-state index >= 15 is 0 Å². The van der Waals surface area contributed by atoms with Crippen molar-refractivity contribution in [2.24, 2.45) is 0 Å². The van der Waals surface area contributed by atoms with Crippen LogP contribution in [0.2, 0.25) is 0 Å². The summed E-state index contributed by atoms with van der Waals surface area (Å²) in [4.78, 5) is 0. The fraction of sp³-hybridized carbons (Fsp3) is 0. The van der Waals surface area contributed by atoms with E-state index in [1.807, 2.05) is 0 Å². The molecule has 0 aliphatic rings. The van der Waals surface area contributed by atoms with E-state index in [1.165, 1.54) is 0 Å². The summed E-state index contributed by atoms with van der Waals surface area (Å²) in [6.45, 7) is 0. The van der Waals surface area contributed by atoms with E-state index in [0.29, 0.717) is 3.94 Å². The minimum absolute atomic E-state index is 0.257. The van der Waals surface area contributed by atoms with Crippen LogP contribution in [0.15, 0.2) is 28.2 Å². The van der Waals surface area contributed by atoms with Crippen LogP contribution >= 0.6 is 27.5 Å². The van der Waals surface area contributed by atoms with Gasteiger partial charge in [-0.3, -0.25) is 0 Å². The number of halogens is 2. The molecule has 0 aliphatic carbocycles. The Bertz CT molecular complexity index is 262. The van der Waals surface area contributed by atoms with Gasteiger partial charge in [-0.05, 0) is 39.7 Å². The van der Waals surface area contributed by atoms with Crippen LogP contribution < -0.4 is 0 Å². The minimum atomic E-state index is 0.257. The number of hydrogen-bond acceptors (Lipinski definition) is 1. The number of aromatic hydroxyl groups is 1. The van der Waals surface area contributed by atoms with Crippen molar-refractivity contribution in [2.75, 3.05) is 0 Å². The third kappa shape index (κ3) is 2.95. The maximum Gasteiger partial charge on any atom is 0.115 e. The number of phenols is 1. The molecule has 58 valence electrons. The second-order valence-corrected chi connectivity index (χ2v) is 3.74. The van der Waals surface area contributed by atoms with Crippen molar-refractivity contribution in [3.05, 3.63) is 33.8 Å². The molecule has 11 heavy (non-hydrogen) atoms. The summed E-state index contributed by atoms with van der Waals surface area (Å²) < 4.78 is 0.545. The van der Waals surface area contributed by atoms with Crippen molar-refractivity contribution in [3.8, 4) is 5.75 Å². The van der Waals surface area contributed by atoms with Gasteiger partial charge >= 0.3 is 0 Å². The van der Waals surface area contributed by atoms with Gasteiger partial charge in [0.2, 0.25) is 0 Å². The monoisotopic (exact) mass is 232 g/mol. The molecule has 0 atom stereocenters. The Morgan fingerprint density at radius 2 is 1.91 bits per heavy atom. The summed E-state index contributed by atoms with van der Waals surface area (Å²) in [6.07, 6.45) is 1.75. The first-order valence-corrected chi connectivity index (χ1v) is 4.17. The van der Waals surface area contributed by atoms with Crippen LogP contribution in [0.3, 0.4) is 0 Å². The van der Waals surface area contributed by atoms with Crippen molar-refractivity contribution in [1.82, 2.24) is 0 Å². The minimum Gasteiger partial charge on any atom is -0.508 e. The summed E-state index contributed by atoms with van der Waals surface area (Å²) in [5.74, 6) is 0.257. The topological polar surface area (TPSA) is 20.2 Å². The van der Waals surface area contributed by atoms with Crippen LogP contribution in [0.1, 0.15) is 5.56 Å². The Kier molecular flexibility index (Phi) is 2.97. The Balaban J connectivity index is 2.91. The molecule has 1 N–H and O–H groups in total. The van der Waals surface area contributed by atoms with Crippen LogP contribution in [0, 0.1) is 0 Å². The van der Waals surface area contributed by atoms with E-state index in [-0.39, 0.29) is 5.75 Å². The molecule has 0 heterocycles. The first kappa shape index (κ1) is 8.62. The predicted molar refractivity (Wildman–Crippen MR) is 50.9 cm³/mol. The highest BCUT2D eigenvalue weighted by Crippen LogP contribution is 2.17. The maximum atomic E-state index is 8.93. The third-order valence-electron chi connectivity index (χ3n) is 1.17. The first-order valence-electron chi connectivity index (χ1n) is 3.00. The van der Waals surface area contributed by atoms with E-state index in [0.717, 1.165) is 5.56 Å². The van der Waals surface area contributed by atoms with Gasteiger partial charge in [0, 0.05) is 0 Å². The predicted octanol–water partition coefficient (Wildman–Crippen LogP) is 3.32. The molecule has 0 amide bonds. The van der Waals surface area contributed by atoms with Crippen LogP contribution in [0.5, 0.6) is 5.75 Å². The fourth-order valence-electron chi connectivity index (χ4n) is 0.697. The molecule has 0 spiro atoms. The summed E-state index contributed by atoms with van der Waals surface area (Å²) in [7, 11) is 0. The SMILES string of the molecule is Oc1ccc(C=C(Cl)Br)cc1. The van der Waals surface area contributed by atoms with Crippen LogP contribution in [-0.2, 0) is 0 Å². The molecule has 0 saturated carbocycles. The maximum absolute atomic E-state index is 8.93. The molecule has 1 aromatic carbocycles. The molecular weight excluding hydrogens is 227 g/mol. The van der Waals surface area contributed by atoms with Crippen molar-refractivity contribution >= 4 is 33.6 Å². The van der Waals surface area contributed by atoms with E-state index in [1.54, 1.807) is 30.3 Å². The Hall–Kier alpha value is -0.470. The van der Waals surface area contributed by atoms with E-state index < -0.39 is 0 Å². The standard InChI is InChI=1S/C8H6BrClO/c9-8(10)5-6-1-3-7(11)4-2-6/h1-5,11H. The highest BCUT2D eigenvalue weighted by molar-refractivity contribution is 9.12. The number of rotatable bonds is 1. The van der Waals surface area contributed by atoms with Gasteiger partial charge in [-0.2, -0.15) is 0 Å². The molecule has 0 saturated heterocycles. The van der Waals surface area contributed by atoms with E-state index in [9.17, 15) is 0 Å². The second kappa shape index (κ2) is 3.79. The lowest BCUT2D eigenvalue weighted by Gasteiger charge is -1.92. The van der Waals surface area contributed by atoms with Crippen molar-refractivity contribution < 1.29 is 5.11 Å². The fourth-order valence-corrected chi connectivity index (χ4v) is 1.09. The largest absolute Gasteiger partial charge is 0.508 e. The van der Waals surface area contributed by atoms with Gasteiger partial charge in [-0.25, -0.2) is 0 Å². The van der Waals surface area contributed by atoms with Gasteiger partial charge in [0.05, 0.1) is 3.94 Å². The Labute approximate surface area is 78.4 Å². The second-order valence-electron chi connectivity index (χ2n) is 2.03. The lowest BCUT2D eigenvalue weighted by molar-refractivity contribution is 0.475. The quantitative estimate of drug-likeness (QED) is 0.789. The van der Waals surface area contributed by atoms with Gasteiger partial charge in [0.25, 0.3) is 0 Å². The van der Waals surface area contributed by atoms with Crippen molar-refractivity contribution in [3.63, 3.8) is 0 Å². The van der Waals surface area contributed by atoms with E-state index in [4.69, 9.17) is 16.7 Å². The van der Waals surface area contributed by atoms with Crippen molar-refractivity contribution in [2.45, 2.75) is 0 Å². The smallest absolute Gasteiger partial charge is 0.115 e. The molecule has 0 aliphatic heterocycles. The zero-order chi connectivity index (χ0) is 8.27. The van der Waals surface area contributed by atoms with E-state index in [2.05, 4.69) is 15.9 Å².